The van der Waals surface area contributed by atoms with Crippen LogP contribution >= 0.6 is 0 Å². The highest BCUT2D eigenvalue weighted by Crippen LogP contribution is 2.37. The molecule has 40 heavy (non-hydrogen) atoms. The fourth-order valence-corrected chi connectivity index (χ4v) is 6.63. The maximum Gasteiger partial charge on any atom is 0.338 e. The molecule has 2 fully saturated rings. The lowest BCUT2D eigenvalue weighted by Crippen LogP contribution is -2.56. The molecule has 2 saturated heterocycles. The van der Waals surface area contributed by atoms with Gasteiger partial charge in [-0.15, -0.1) is 0 Å². The van der Waals surface area contributed by atoms with Gasteiger partial charge in [0, 0.05) is 57.3 Å². The molecule has 0 unspecified atom stereocenters. The Morgan fingerprint density at radius 1 is 0.775 bits per heavy atom. The molecule has 0 saturated carbocycles. The lowest BCUT2D eigenvalue weighted by molar-refractivity contribution is -0.290. The number of ether oxygens (including phenoxy) is 8. The molecular weight excluding hydrogens is 520 g/mol. The van der Waals surface area contributed by atoms with Crippen LogP contribution in [0.3, 0.4) is 0 Å². The molecule has 13 atom stereocenters. The minimum atomic E-state index is -0.951. The Morgan fingerprint density at radius 2 is 1.38 bits per heavy atom. The summed E-state index contributed by atoms with van der Waals surface area (Å²) in [4.78, 5) is 26.9. The first-order valence-electron chi connectivity index (χ1n) is 14.5. The predicted octanol–water partition coefficient (Wildman–Crippen LogP) is 3.55. The summed E-state index contributed by atoms with van der Waals surface area (Å²) in [5.74, 6) is -1.51. The molecule has 0 amide bonds. The normalized spacial score (nSPS) is 45.5. The summed E-state index contributed by atoms with van der Waals surface area (Å²) >= 11 is 0. The molecule has 3 aliphatic rings. The number of hydrogen-bond donors (Lipinski definition) is 0. The number of cyclic esters (lactones) is 1. The summed E-state index contributed by atoms with van der Waals surface area (Å²) < 4.78 is 47.6. The second-order valence-electron chi connectivity index (χ2n) is 11.7. The van der Waals surface area contributed by atoms with Crippen molar-refractivity contribution in [3.63, 3.8) is 0 Å². The minimum absolute atomic E-state index is 0.0615. The van der Waals surface area contributed by atoms with Gasteiger partial charge in [-0.2, -0.15) is 0 Å². The van der Waals surface area contributed by atoms with E-state index in [2.05, 4.69) is 6.92 Å². The summed E-state index contributed by atoms with van der Waals surface area (Å²) in [5, 5.41) is 0. The summed E-state index contributed by atoms with van der Waals surface area (Å²) in [6.45, 7) is 13.9. The third-order valence-corrected chi connectivity index (χ3v) is 8.75. The van der Waals surface area contributed by atoms with Crippen LogP contribution in [-0.4, -0.2) is 95.5 Å². The second kappa shape index (κ2) is 14.7. The molecule has 3 aliphatic heterocycles. The molecule has 0 radical (unpaired) electrons. The van der Waals surface area contributed by atoms with Crippen LogP contribution in [0.25, 0.3) is 0 Å². The molecule has 0 aromatic heterocycles. The van der Waals surface area contributed by atoms with Crippen LogP contribution in [0.5, 0.6) is 0 Å². The molecule has 10 heteroatoms. The monoisotopic (exact) mass is 570 g/mol. The van der Waals surface area contributed by atoms with Crippen LogP contribution in [-0.2, 0) is 47.5 Å². The lowest BCUT2D eigenvalue weighted by Gasteiger charge is -2.45. The Morgan fingerprint density at radius 3 is 2.00 bits per heavy atom. The third kappa shape index (κ3) is 7.51. The number of hydrogen-bond acceptors (Lipinski definition) is 10. The maximum absolute atomic E-state index is 13.4. The fraction of sp³-hybridized carbons (Fsp3) is 0.867. The number of Topliss-reactive ketones (excluding diaryl/α,β-unsaturated/α-hetero) is 1. The third-order valence-electron chi connectivity index (χ3n) is 8.75. The van der Waals surface area contributed by atoms with E-state index in [1.807, 2.05) is 47.6 Å². The molecule has 230 valence electrons. The van der Waals surface area contributed by atoms with Crippen molar-refractivity contribution in [3.05, 3.63) is 11.6 Å². The van der Waals surface area contributed by atoms with Gasteiger partial charge in [-0.25, -0.2) is 4.79 Å². The largest absolute Gasteiger partial charge is 0.463 e. The van der Waals surface area contributed by atoms with Crippen LogP contribution in [0, 0.1) is 29.6 Å². The first-order valence-corrected chi connectivity index (χ1v) is 14.5. The molecule has 0 aromatic carbocycles. The zero-order valence-corrected chi connectivity index (χ0v) is 25.8. The van der Waals surface area contributed by atoms with Crippen LogP contribution in [0.2, 0.25) is 0 Å². The Hall–Kier alpha value is -1.40. The quantitative estimate of drug-likeness (QED) is 0.368. The first-order chi connectivity index (χ1) is 18.9. The van der Waals surface area contributed by atoms with Crippen molar-refractivity contribution in [3.8, 4) is 0 Å². The molecule has 0 aliphatic carbocycles. The second-order valence-corrected chi connectivity index (χ2v) is 11.7. The Balaban J connectivity index is 2.03. The molecule has 0 spiro atoms. The zero-order chi connectivity index (χ0) is 29.7. The van der Waals surface area contributed by atoms with Gasteiger partial charge >= 0.3 is 5.97 Å². The molecule has 10 nitrogen and oxygen atoms in total. The first kappa shape index (κ1) is 33.1. The van der Waals surface area contributed by atoms with E-state index in [0.29, 0.717) is 6.61 Å². The predicted molar refractivity (Wildman–Crippen MR) is 146 cm³/mol. The van der Waals surface area contributed by atoms with Crippen molar-refractivity contribution < 1.29 is 47.5 Å². The standard InChI is InChI=1S/C30H50O10/c1-15-11-16(2)25(34-9)18(4)26-19(5)28(40-21(7)38-26)29(35-10)30(32)36-14-22(13-33-8)27-17(3)24(12-23(15)31)37-20(6)39-27/h11,15,17-22,24-29H,12-14H2,1-10H3/b16-11-/t15-,17+,18+,19+,20-,21-,22-,24-,25-,26-,27+,28-,29+/m0/s1. The fourth-order valence-electron chi connectivity index (χ4n) is 6.63. The molecule has 4 bridgehead atoms. The SMILES string of the molecule is COC[C@H]1COC(=O)[C@H](OC)[C@H]2O[C@@H](C)O[C@H]([C@H]2C)[C@H](C)[C@@H](OC)/C(C)=C\[C@H](C)C(=O)C[C@@H]2O[C@H](C)O[C@@H]1[C@@H]2C. The number of fused-ring (bicyclic) bond motifs is 4. The number of carbonyl (C=O) groups is 2. The molecule has 0 aromatic rings. The van der Waals surface area contributed by atoms with E-state index >= 15 is 0 Å². The Bertz CT molecular complexity index is 877. The minimum Gasteiger partial charge on any atom is -0.463 e. The van der Waals surface area contributed by atoms with E-state index in [1.54, 1.807) is 14.2 Å². The average molecular weight is 571 g/mol. The van der Waals surface area contributed by atoms with E-state index < -0.39 is 30.8 Å². The summed E-state index contributed by atoms with van der Waals surface area (Å²) in [7, 11) is 4.74. The van der Waals surface area contributed by atoms with Crippen molar-refractivity contribution in [1.29, 1.82) is 0 Å². The number of carbonyl (C=O) groups excluding carboxylic acids is 2. The van der Waals surface area contributed by atoms with Crippen molar-refractivity contribution >= 4 is 11.8 Å². The van der Waals surface area contributed by atoms with E-state index in [9.17, 15) is 9.59 Å². The van der Waals surface area contributed by atoms with Crippen LogP contribution in [0.1, 0.15) is 54.9 Å². The number of allylic oxidation sites excluding steroid dienone is 1. The van der Waals surface area contributed by atoms with Crippen molar-refractivity contribution in [1.82, 2.24) is 0 Å². The molecule has 3 rings (SSSR count). The maximum atomic E-state index is 13.4. The van der Waals surface area contributed by atoms with Gasteiger partial charge in [-0.1, -0.05) is 33.8 Å². The van der Waals surface area contributed by atoms with E-state index in [0.717, 1.165) is 5.57 Å². The lowest BCUT2D eigenvalue weighted by atomic mass is 9.80. The Labute approximate surface area is 239 Å². The van der Waals surface area contributed by atoms with Crippen LogP contribution in [0.15, 0.2) is 11.6 Å². The number of ketones is 1. The smallest absolute Gasteiger partial charge is 0.338 e. The van der Waals surface area contributed by atoms with Gasteiger partial charge in [0.05, 0.1) is 37.6 Å². The van der Waals surface area contributed by atoms with Gasteiger partial charge in [0.2, 0.25) is 0 Å². The van der Waals surface area contributed by atoms with E-state index in [1.165, 1.54) is 7.11 Å². The Kier molecular flexibility index (Phi) is 12.1. The van der Waals surface area contributed by atoms with Crippen LogP contribution in [0.4, 0.5) is 0 Å². The molecular formula is C30H50O10. The molecule has 0 N–H and O–H groups in total. The molecule has 3 heterocycles. The van der Waals surface area contributed by atoms with Crippen molar-refractivity contribution in [2.45, 2.75) is 104 Å². The van der Waals surface area contributed by atoms with Gasteiger partial charge in [0.15, 0.2) is 18.7 Å². The highest BCUT2D eigenvalue weighted by atomic mass is 16.7. The van der Waals surface area contributed by atoms with Gasteiger partial charge in [0.25, 0.3) is 0 Å². The highest BCUT2D eigenvalue weighted by Gasteiger charge is 2.47. The number of esters is 1. The van der Waals surface area contributed by atoms with E-state index in [-0.39, 0.29) is 72.8 Å². The average Bonchev–Trinajstić information content (AvgIpc) is 2.90. The van der Waals surface area contributed by atoms with Gasteiger partial charge in [0.1, 0.15) is 11.9 Å². The zero-order valence-electron chi connectivity index (χ0n) is 25.8. The summed E-state index contributed by atoms with van der Waals surface area (Å²) in [6, 6.07) is 0. The van der Waals surface area contributed by atoms with E-state index in [4.69, 9.17) is 37.9 Å². The number of rotatable bonds is 4. The highest BCUT2D eigenvalue weighted by molar-refractivity contribution is 5.83. The number of methoxy groups -OCH3 is 3. The van der Waals surface area contributed by atoms with Gasteiger partial charge in [-0.3, -0.25) is 4.79 Å². The summed E-state index contributed by atoms with van der Waals surface area (Å²) in [5.41, 5.74) is 0.943. The van der Waals surface area contributed by atoms with Crippen LogP contribution < -0.4 is 0 Å². The summed E-state index contributed by atoms with van der Waals surface area (Å²) in [6.07, 6.45) is -1.72. The topological polar surface area (TPSA) is 108 Å². The van der Waals surface area contributed by atoms with Gasteiger partial charge in [-0.05, 0) is 26.3 Å². The van der Waals surface area contributed by atoms with Crippen molar-refractivity contribution in [2.24, 2.45) is 29.6 Å². The van der Waals surface area contributed by atoms with Gasteiger partial charge < -0.3 is 37.9 Å². The van der Waals surface area contributed by atoms with Crippen molar-refractivity contribution in [2.75, 3.05) is 34.5 Å².